The van der Waals surface area contributed by atoms with Gasteiger partial charge in [-0.3, -0.25) is 14.8 Å². The largest absolute Gasteiger partial charge is 0.379 e. The van der Waals surface area contributed by atoms with Gasteiger partial charge >= 0.3 is 5.91 Å². The third-order valence-corrected chi connectivity index (χ3v) is 8.20. The Labute approximate surface area is 230 Å². The first-order valence-corrected chi connectivity index (χ1v) is 13.7. The molecule has 38 heavy (non-hydrogen) atoms. The quantitative estimate of drug-likeness (QED) is 0.142. The zero-order chi connectivity index (χ0) is 26.9. The molecular weight excluding hydrogens is 522 g/mol. The van der Waals surface area contributed by atoms with Gasteiger partial charge in [-0.25, -0.2) is 4.79 Å². The molecule has 1 fully saturated rings. The fourth-order valence-electron chi connectivity index (χ4n) is 4.57. The van der Waals surface area contributed by atoms with Crippen molar-refractivity contribution in [1.29, 1.82) is 0 Å². The van der Waals surface area contributed by atoms with Crippen LogP contribution < -0.4 is 15.8 Å². The maximum atomic E-state index is 13.3. The number of amides is 2. The molecule has 0 radical (unpaired) electrons. The Bertz CT molecular complexity index is 1450. The number of hydrogen-bond donors (Lipinski definition) is 3. The number of carbonyl (C=O) groups excluding carboxylic acids is 2. The van der Waals surface area contributed by atoms with Crippen LogP contribution in [0, 0.1) is 0 Å². The van der Waals surface area contributed by atoms with Gasteiger partial charge in [0.05, 0.1) is 12.4 Å². The molecule has 1 saturated heterocycles. The zero-order valence-electron chi connectivity index (χ0n) is 21.4. The molecule has 0 aliphatic carbocycles. The number of halogens is 1. The molecule has 2 amide bonds. The summed E-state index contributed by atoms with van der Waals surface area (Å²) >= 11 is 7.22. The molecule has 198 valence electrons. The topological polar surface area (TPSA) is 107 Å². The van der Waals surface area contributed by atoms with Crippen molar-refractivity contribution in [2.24, 2.45) is 5.84 Å². The maximum Gasteiger partial charge on any atom is 0.379 e. The zero-order valence-corrected chi connectivity index (χ0v) is 23.0. The number of fused-ring (bicyclic) bond motifs is 1. The van der Waals surface area contributed by atoms with Gasteiger partial charge in [0.1, 0.15) is 9.71 Å². The predicted octanol–water partition coefficient (Wildman–Crippen LogP) is 4.32. The number of quaternary nitrogens is 1. The van der Waals surface area contributed by atoms with E-state index in [1.54, 1.807) is 37.4 Å². The number of nitrogens with zero attached hydrogens (tertiary/aromatic N) is 4. The molecule has 1 aliphatic heterocycles. The molecule has 1 aliphatic rings. The Kier molecular flexibility index (Phi) is 7.62. The number of hydrogen-bond acceptors (Lipinski definition) is 7. The van der Waals surface area contributed by atoms with Crippen LogP contribution in [0.2, 0.25) is 5.02 Å². The molecule has 0 saturated carbocycles. The van der Waals surface area contributed by atoms with Crippen LogP contribution in [0.4, 0.5) is 11.5 Å². The maximum absolute atomic E-state index is 13.3. The first kappa shape index (κ1) is 26.5. The molecule has 2 aromatic carbocycles. The Balaban J connectivity index is 1.27. The summed E-state index contributed by atoms with van der Waals surface area (Å²) in [6, 6.07) is 16.2. The van der Waals surface area contributed by atoms with Crippen molar-refractivity contribution in [3.8, 4) is 0 Å². The van der Waals surface area contributed by atoms with Crippen molar-refractivity contribution in [3.05, 3.63) is 75.6 Å². The normalized spacial score (nSPS) is 16.7. The molecule has 0 spiro atoms. The van der Waals surface area contributed by atoms with Crippen LogP contribution in [0.5, 0.6) is 0 Å². The molecule has 2 aromatic heterocycles. The van der Waals surface area contributed by atoms with Gasteiger partial charge in [-0.2, -0.15) is 15.5 Å². The van der Waals surface area contributed by atoms with Gasteiger partial charge < -0.3 is 10.2 Å². The van der Waals surface area contributed by atoms with Crippen LogP contribution in [-0.2, 0) is 6.54 Å². The van der Waals surface area contributed by atoms with Gasteiger partial charge in [-0.15, -0.1) is 11.3 Å². The van der Waals surface area contributed by atoms with Crippen LogP contribution in [0.1, 0.15) is 32.0 Å². The second-order valence-electron chi connectivity index (χ2n) is 9.87. The lowest BCUT2D eigenvalue weighted by molar-refractivity contribution is 0.0805. The van der Waals surface area contributed by atoms with Crippen molar-refractivity contribution >= 4 is 56.5 Å². The Morgan fingerprint density at radius 2 is 1.84 bits per heavy atom. The first-order valence-electron chi connectivity index (χ1n) is 12.5. The van der Waals surface area contributed by atoms with Gasteiger partial charge in [0.15, 0.2) is 11.5 Å². The van der Waals surface area contributed by atoms with Crippen molar-refractivity contribution in [2.75, 3.05) is 45.6 Å². The SMILES string of the molecule is CN1CCCN(Cc2ccc(C(=O)Nc3n[nH]c4sc(C(=O)[N+](C)(N)c5ccc(Cl)cc5)cc34)cc2)CC1. The van der Waals surface area contributed by atoms with Gasteiger partial charge in [-0.1, -0.05) is 23.7 Å². The number of H-pyrrole nitrogens is 1. The highest BCUT2D eigenvalue weighted by Gasteiger charge is 2.34. The average molecular weight is 553 g/mol. The van der Waals surface area contributed by atoms with Crippen molar-refractivity contribution in [2.45, 2.75) is 13.0 Å². The fourth-order valence-corrected chi connectivity index (χ4v) is 5.73. The van der Waals surface area contributed by atoms with Crippen molar-refractivity contribution < 1.29 is 9.59 Å². The summed E-state index contributed by atoms with van der Waals surface area (Å²) in [6.07, 6.45) is 1.16. The number of nitrogens with one attached hydrogen (secondary N) is 2. The highest BCUT2D eigenvalue weighted by Crippen LogP contribution is 2.32. The number of rotatable bonds is 6. The van der Waals surface area contributed by atoms with E-state index < -0.39 is 4.59 Å². The van der Waals surface area contributed by atoms with E-state index in [2.05, 4.69) is 32.4 Å². The average Bonchev–Trinajstić information content (AvgIpc) is 3.42. The summed E-state index contributed by atoms with van der Waals surface area (Å²) in [6.45, 7) is 5.19. The van der Waals surface area contributed by atoms with E-state index in [9.17, 15) is 9.59 Å². The van der Waals surface area contributed by atoms with Gasteiger partial charge in [0.25, 0.3) is 5.91 Å². The minimum absolute atomic E-state index is 0.263. The molecule has 4 N–H and O–H groups in total. The number of thiophene rings is 1. The lowest BCUT2D eigenvalue weighted by Gasteiger charge is -2.23. The summed E-state index contributed by atoms with van der Waals surface area (Å²) < 4.78 is -0.462. The summed E-state index contributed by atoms with van der Waals surface area (Å²) in [7, 11) is 3.78. The molecule has 11 heteroatoms. The van der Waals surface area contributed by atoms with E-state index in [1.165, 1.54) is 16.9 Å². The molecule has 4 aromatic rings. The number of anilines is 1. The van der Waals surface area contributed by atoms with Crippen molar-refractivity contribution in [3.63, 3.8) is 0 Å². The molecule has 1 unspecified atom stereocenters. The second-order valence-corrected chi connectivity index (χ2v) is 11.4. The van der Waals surface area contributed by atoms with E-state index in [4.69, 9.17) is 17.4 Å². The van der Waals surface area contributed by atoms with Gasteiger partial charge in [0.2, 0.25) is 0 Å². The number of aromatic nitrogens is 2. The molecule has 9 nitrogen and oxygen atoms in total. The summed E-state index contributed by atoms with van der Waals surface area (Å²) in [5.41, 5.74) is 2.33. The molecular formula is C27H31ClN7O2S+. The summed E-state index contributed by atoms with van der Waals surface area (Å²) in [5.74, 6) is 6.21. The van der Waals surface area contributed by atoms with Gasteiger partial charge in [-0.05, 0) is 62.5 Å². The summed E-state index contributed by atoms with van der Waals surface area (Å²) in [5, 5.41) is 11.2. The highest BCUT2D eigenvalue weighted by atomic mass is 35.5. The molecule has 3 heterocycles. The van der Waals surface area contributed by atoms with Crippen LogP contribution in [0.25, 0.3) is 10.2 Å². The monoisotopic (exact) mass is 552 g/mol. The van der Waals surface area contributed by atoms with Crippen molar-refractivity contribution in [1.82, 2.24) is 24.6 Å². The second kappa shape index (κ2) is 10.9. The van der Waals surface area contributed by atoms with Gasteiger partial charge in [0, 0.05) is 42.4 Å². The number of benzene rings is 2. The Hall–Kier alpha value is -3.12. The van der Waals surface area contributed by atoms with Crippen LogP contribution in [0.3, 0.4) is 0 Å². The molecule has 1 atom stereocenters. The number of aromatic amines is 1. The number of likely N-dealkylation sites (N-methyl/N-ethyl adjacent to an activating group) is 1. The van der Waals surface area contributed by atoms with E-state index in [0.29, 0.717) is 37.2 Å². The highest BCUT2D eigenvalue weighted by molar-refractivity contribution is 7.20. The smallest absolute Gasteiger partial charge is 0.305 e. The van der Waals surface area contributed by atoms with E-state index in [1.807, 2.05) is 24.3 Å². The first-order chi connectivity index (χ1) is 18.2. The summed E-state index contributed by atoms with van der Waals surface area (Å²) in [4.78, 5) is 32.2. The predicted molar refractivity (Wildman–Crippen MR) is 153 cm³/mol. The lowest BCUT2D eigenvalue weighted by atomic mass is 10.1. The Morgan fingerprint density at radius 3 is 2.58 bits per heavy atom. The lowest BCUT2D eigenvalue weighted by Crippen LogP contribution is -2.56. The third kappa shape index (κ3) is 5.65. The fraction of sp³-hybridized carbons (Fsp3) is 0.296. The van der Waals surface area contributed by atoms with Crippen LogP contribution >= 0.6 is 22.9 Å². The third-order valence-electron chi connectivity index (χ3n) is 6.92. The minimum Gasteiger partial charge on any atom is -0.305 e. The van der Waals surface area contributed by atoms with Crippen LogP contribution in [-0.4, -0.2) is 72.1 Å². The standard InChI is InChI=1S/C27H30ClN7O2S/c1-33-12-3-13-34(15-14-33)17-18-4-6-19(7-5-18)25(36)30-24-22-16-23(38-26(22)32-31-24)27(37)35(2,29)21-10-8-20(28)9-11-21/h4-11,16H,3,12-15,17,29H2,1-2H3,(H-,30,31,32,36,37)/p+1. The number of nitrogens with two attached hydrogens (primary N) is 1. The molecule has 0 bridgehead atoms. The van der Waals surface area contributed by atoms with E-state index in [-0.39, 0.29) is 11.8 Å². The molecule has 5 rings (SSSR count). The Morgan fingerprint density at radius 1 is 1.11 bits per heavy atom. The minimum atomic E-state index is -0.462. The number of carbonyl (C=O) groups is 2. The van der Waals surface area contributed by atoms with E-state index >= 15 is 0 Å². The van der Waals surface area contributed by atoms with E-state index in [0.717, 1.165) is 39.1 Å². The van der Waals surface area contributed by atoms with Crippen LogP contribution in [0.15, 0.2) is 54.6 Å².